The molecule has 0 aliphatic rings. The van der Waals surface area contributed by atoms with Gasteiger partial charge in [0, 0.05) is 0 Å². The summed E-state index contributed by atoms with van der Waals surface area (Å²) in [6.07, 6.45) is 0. The third-order valence-electron chi connectivity index (χ3n) is 3.99. The van der Waals surface area contributed by atoms with Crippen LogP contribution in [-0.2, 0) is 6.61 Å². The van der Waals surface area contributed by atoms with Crippen LogP contribution in [0, 0.1) is 20.8 Å². The molecule has 0 aliphatic heterocycles. The Bertz CT molecular complexity index is 633. The van der Waals surface area contributed by atoms with Crippen LogP contribution in [0.2, 0.25) is 0 Å². The molecule has 0 fully saturated rings. The van der Waals surface area contributed by atoms with Crippen LogP contribution in [0.15, 0.2) is 30.3 Å². The van der Waals surface area contributed by atoms with E-state index in [-0.39, 0.29) is 13.2 Å². The molecule has 2 N–H and O–H groups in total. The molecular weight excluding hydrogens is 264 g/mol. The quantitative estimate of drug-likeness (QED) is 0.887. The number of hydrogen-bond donors (Lipinski definition) is 2. The van der Waals surface area contributed by atoms with E-state index < -0.39 is 0 Å². The largest absolute Gasteiger partial charge is 0.491 e. The van der Waals surface area contributed by atoms with Crippen LogP contribution < -0.4 is 4.74 Å². The third-order valence-corrected chi connectivity index (χ3v) is 3.99. The predicted octanol–water partition coefficient (Wildman–Crippen LogP) is 3.14. The fourth-order valence-corrected chi connectivity index (χ4v) is 2.55. The summed E-state index contributed by atoms with van der Waals surface area (Å²) >= 11 is 0. The number of hydrogen-bond acceptors (Lipinski definition) is 3. The van der Waals surface area contributed by atoms with Crippen LogP contribution >= 0.6 is 0 Å². The summed E-state index contributed by atoms with van der Waals surface area (Å²) in [7, 11) is 0. The maximum atomic E-state index is 9.41. The molecule has 0 radical (unpaired) electrons. The maximum absolute atomic E-state index is 9.41. The van der Waals surface area contributed by atoms with E-state index in [0.717, 1.165) is 39.1 Å². The fourth-order valence-electron chi connectivity index (χ4n) is 2.55. The van der Waals surface area contributed by atoms with Crippen molar-refractivity contribution in [1.29, 1.82) is 0 Å². The zero-order chi connectivity index (χ0) is 15.4. The van der Waals surface area contributed by atoms with Crippen LogP contribution in [0.1, 0.15) is 22.3 Å². The molecule has 0 unspecified atom stereocenters. The van der Waals surface area contributed by atoms with Gasteiger partial charge in [-0.3, -0.25) is 0 Å². The Hall–Kier alpha value is -1.84. The van der Waals surface area contributed by atoms with Crippen molar-refractivity contribution in [2.75, 3.05) is 13.2 Å². The average molecular weight is 286 g/mol. The third kappa shape index (κ3) is 3.09. The minimum absolute atomic E-state index is 0.0118. The predicted molar refractivity (Wildman–Crippen MR) is 84.6 cm³/mol. The molecule has 21 heavy (non-hydrogen) atoms. The lowest BCUT2D eigenvalue weighted by molar-refractivity contribution is 0.200. The number of aliphatic hydroxyl groups excluding tert-OH is 2. The lowest BCUT2D eigenvalue weighted by Crippen LogP contribution is -2.04. The number of benzene rings is 2. The van der Waals surface area contributed by atoms with Crippen LogP contribution in [0.5, 0.6) is 5.75 Å². The van der Waals surface area contributed by atoms with E-state index in [1.54, 1.807) is 0 Å². The number of aliphatic hydroxyl groups is 2. The summed E-state index contributed by atoms with van der Waals surface area (Å²) in [5, 5.41) is 18.3. The molecule has 112 valence electrons. The summed E-state index contributed by atoms with van der Waals surface area (Å²) in [6, 6.07) is 9.97. The van der Waals surface area contributed by atoms with Gasteiger partial charge >= 0.3 is 0 Å². The fraction of sp³-hybridized carbons (Fsp3) is 0.333. The second kappa shape index (κ2) is 6.74. The Labute approximate surface area is 125 Å². The van der Waals surface area contributed by atoms with E-state index >= 15 is 0 Å². The summed E-state index contributed by atoms with van der Waals surface area (Å²) < 4.78 is 5.54. The zero-order valence-electron chi connectivity index (χ0n) is 12.8. The molecule has 2 aromatic carbocycles. The molecule has 0 heterocycles. The highest BCUT2D eigenvalue weighted by atomic mass is 16.5. The summed E-state index contributed by atoms with van der Waals surface area (Å²) in [6.45, 7) is 6.50. The van der Waals surface area contributed by atoms with Crippen molar-refractivity contribution in [3.8, 4) is 16.9 Å². The molecule has 0 amide bonds. The molecule has 0 aromatic heterocycles. The highest BCUT2D eigenvalue weighted by Gasteiger charge is 2.12. The topological polar surface area (TPSA) is 49.7 Å². The average Bonchev–Trinajstić information content (AvgIpc) is 2.49. The molecule has 0 spiro atoms. The van der Waals surface area contributed by atoms with Crippen molar-refractivity contribution in [3.63, 3.8) is 0 Å². The van der Waals surface area contributed by atoms with Crippen LogP contribution in [0.3, 0.4) is 0 Å². The van der Waals surface area contributed by atoms with Crippen molar-refractivity contribution in [2.45, 2.75) is 27.4 Å². The van der Waals surface area contributed by atoms with Crippen molar-refractivity contribution >= 4 is 0 Å². The lowest BCUT2D eigenvalue weighted by Gasteiger charge is -2.16. The van der Waals surface area contributed by atoms with E-state index in [1.807, 2.05) is 38.1 Å². The first kappa shape index (κ1) is 15.5. The van der Waals surface area contributed by atoms with Crippen molar-refractivity contribution in [1.82, 2.24) is 0 Å². The van der Waals surface area contributed by atoms with E-state index in [4.69, 9.17) is 9.84 Å². The van der Waals surface area contributed by atoms with Gasteiger partial charge in [-0.25, -0.2) is 0 Å². The minimum Gasteiger partial charge on any atom is -0.491 e. The molecule has 3 heteroatoms. The lowest BCUT2D eigenvalue weighted by atomic mass is 9.91. The van der Waals surface area contributed by atoms with Gasteiger partial charge < -0.3 is 14.9 Å². The Kier molecular flexibility index (Phi) is 4.99. The summed E-state index contributed by atoms with van der Waals surface area (Å²) in [5.74, 6) is 0.807. The standard InChI is InChI=1S/C18H22O3/c1-12-13(2)18(21-10-9-19)8-7-17(12)16-6-4-5-15(11-20)14(16)3/h4-8,19-20H,9-11H2,1-3H3. The highest BCUT2D eigenvalue weighted by molar-refractivity contribution is 5.73. The van der Waals surface area contributed by atoms with Crippen LogP contribution in [0.4, 0.5) is 0 Å². The van der Waals surface area contributed by atoms with Gasteiger partial charge in [-0.05, 0) is 60.2 Å². The molecule has 0 saturated heterocycles. The highest BCUT2D eigenvalue weighted by Crippen LogP contribution is 2.33. The summed E-state index contributed by atoms with van der Waals surface area (Å²) in [5.41, 5.74) is 6.57. The van der Waals surface area contributed by atoms with Gasteiger partial charge in [0.2, 0.25) is 0 Å². The minimum atomic E-state index is 0.0118. The summed E-state index contributed by atoms with van der Waals surface area (Å²) in [4.78, 5) is 0. The van der Waals surface area contributed by atoms with Crippen LogP contribution in [-0.4, -0.2) is 23.4 Å². The van der Waals surface area contributed by atoms with E-state index in [1.165, 1.54) is 0 Å². The first-order valence-corrected chi connectivity index (χ1v) is 7.13. The van der Waals surface area contributed by atoms with E-state index in [2.05, 4.69) is 13.0 Å². The van der Waals surface area contributed by atoms with Gasteiger partial charge in [0.1, 0.15) is 12.4 Å². The second-order valence-corrected chi connectivity index (χ2v) is 5.18. The molecule has 3 nitrogen and oxygen atoms in total. The zero-order valence-corrected chi connectivity index (χ0v) is 12.8. The van der Waals surface area contributed by atoms with Crippen molar-refractivity contribution in [3.05, 3.63) is 52.6 Å². The van der Waals surface area contributed by atoms with Gasteiger partial charge in [0.05, 0.1) is 13.2 Å². The Balaban J connectivity index is 2.48. The van der Waals surface area contributed by atoms with E-state index in [9.17, 15) is 5.11 Å². The van der Waals surface area contributed by atoms with Crippen molar-refractivity contribution < 1.29 is 14.9 Å². The molecule has 0 bridgehead atoms. The van der Waals surface area contributed by atoms with Crippen molar-refractivity contribution in [2.24, 2.45) is 0 Å². The van der Waals surface area contributed by atoms with Gasteiger partial charge in [-0.1, -0.05) is 24.3 Å². The Morgan fingerprint density at radius 1 is 0.857 bits per heavy atom. The van der Waals surface area contributed by atoms with E-state index in [0.29, 0.717) is 6.61 Å². The van der Waals surface area contributed by atoms with Gasteiger partial charge in [-0.15, -0.1) is 0 Å². The second-order valence-electron chi connectivity index (χ2n) is 5.18. The molecule has 2 rings (SSSR count). The molecule has 0 aliphatic carbocycles. The molecular formula is C18H22O3. The van der Waals surface area contributed by atoms with Crippen LogP contribution in [0.25, 0.3) is 11.1 Å². The molecule has 0 saturated carbocycles. The smallest absolute Gasteiger partial charge is 0.122 e. The van der Waals surface area contributed by atoms with Gasteiger partial charge in [-0.2, -0.15) is 0 Å². The molecule has 0 atom stereocenters. The SMILES string of the molecule is Cc1c(CO)cccc1-c1ccc(OCCO)c(C)c1C. The maximum Gasteiger partial charge on any atom is 0.122 e. The molecule has 2 aromatic rings. The number of ether oxygens (including phenoxy) is 1. The normalized spacial score (nSPS) is 10.7. The first-order valence-electron chi connectivity index (χ1n) is 7.13. The monoisotopic (exact) mass is 286 g/mol. The Morgan fingerprint density at radius 3 is 2.24 bits per heavy atom. The Morgan fingerprint density at radius 2 is 1.57 bits per heavy atom. The first-order chi connectivity index (χ1) is 10.1. The van der Waals surface area contributed by atoms with Gasteiger partial charge in [0.25, 0.3) is 0 Å². The van der Waals surface area contributed by atoms with Gasteiger partial charge in [0.15, 0.2) is 0 Å². The number of rotatable bonds is 5.